The third-order valence-electron chi connectivity index (χ3n) is 2.79. The molecule has 0 radical (unpaired) electrons. The monoisotopic (exact) mass is 386 g/mol. The minimum absolute atomic E-state index is 0.00348. The van der Waals surface area contributed by atoms with Crippen molar-refractivity contribution in [1.29, 1.82) is 5.26 Å². The van der Waals surface area contributed by atoms with Gasteiger partial charge in [-0.05, 0) is 36.6 Å². The van der Waals surface area contributed by atoms with E-state index in [-0.39, 0.29) is 10.8 Å². The number of amidine groups is 1. The van der Waals surface area contributed by atoms with Gasteiger partial charge in [0, 0.05) is 6.20 Å². The van der Waals surface area contributed by atoms with Crippen LogP contribution in [0.4, 0.5) is 18.9 Å². The van der Waals surface area contributed by atoms with Gasteiger partial charge in [0.2, 0.25) is 5.88 Å². The Bertz CT molecular complexity index is 836. The largest absolute Gasteiger partial charge is 0.437 e. The molecule has 130 valence electrons. The van der Waals surface area contributed by atoms with Crippen LogP contribution in [-0.4, -0.2) is 16.4 Å². The number of hydrogen-bond donors (Lipinski definition) is 1. The maximum atomic E-state index is 13.0. The first-order valence-electron chi connectivity index (χ1n) is 6.62. The number of aliphatic imine (C=N–C) groups is 1. The summed E-state index contributed by atoms with van der Waals surface area (Å²) in [5.41, 5.74) is -0.599. The molecule has 1 heterocycles. The molecule has 0 atom stereocenters. The quantitative estimate of drug-likeness (QED) is 0.349. The highest BCUT2D eigenvalue weighted by Crippen LogP contribution is 2.38. The fraction of sp³-hybridized carbons (Fsp3) is 0.133. The second-order valence-corrected chi connectivity index (χ2v) is 5.63. The third-order valence-corrected chi connectivity index (χ3v) is 3.66. The Morgan fingerprint density at radius 1 is 1.40 bits per heavy atom. The van der Waals surface area contributed by atoms with Crippen molar-refractivity contribution >= 4 is 34.2 Å². The number of hydrogen-bond acceptors (Lipinski definition) is 5. The van der Waals surface area contributed by atoms with Gasteiger partial charge in [-0.3, -0.25) is 5.32 Å². The highest BCUT2D eigenvalue weighted by Gasteiger charge is 2.35. The predicted molar refractivity (Wildman–Crippen MR) is 90.1 cm³/mol. The Hall–Kier alpha value is -2.44. The molecule has 0 saturated carbocycles. The number of pyridine rings is 1. The van der Waals surface area contributed by atoms with Gasteiger partial charge >= 0.3 is 6.18 Å². The van der Waals surface area contributed by atoms with Crippen LogP contribution < -0.4 is 10.1 Å². The molecule has 1 aromatic heterocycles. The Morgan fingerprint density at radius 2 is 2.16 bits per heavy atom. The Balaban J connectivity index is 2.31. The Morgan fingerprint density at radius 3 is 2.76 bits per heavy atom. The van der Waals surface area contributed by atoms with Crippen LogP contribution in [0.1, 0.15) is 5.56 Å². The van der Waals surface area contributed by atoms with E-state index in [0.29, 0.717) is 10.9 Å². The molecule has 25 heavy (non-hydrogen) atoms. The number of benzene rings is 1. The molecule has 0 fully saturated rings. The molecular weight excluding hydrogens is 377 g/mol. The van der Waals surface area contributed by atoms with E-state index in [0.717, 1.165) is 6.07 Å². The molecule has 0 aliphatic carbocycles. The summed E-state index contributed by atoms with van der Waals surface area (Å²) in [6.45, 7) is 0. The zero-order valence-electron chi connectivity index (χ0n) is 12.6. The van der Waals surface area contributed by atoms with Crippen molar-refractivity contribution < 1.29 is 17.9 Å². The van der Waals surface area contributed by atoms with Crippen LogP contribution in [-0.2, 0) is 6.18 Å². The average Bonchev–Trinajstić information content (AvgIpc) is 2.56. The van der Waals surface area contributed by atoms with Crippen molar-refractivity contribution in [1.82, 2.24) is 10.3 Å². The molecule has 0 saturated heterocycles. The van der Waals surface area contributed by atoms with Crippen molar-refractivity contribution in [2.24, 2.45) is 4.99 Å². The van der Waals surface area contributed by atoms with E-state index in [1.807, 2.05) is 0 Å². The third kappa shape index (κ3) is 5.01. The number of nitrogens with zero attached hydrogens (tertiary/aromatic N) is 3. The second kappa shape index (κ2) is 8.09. The van der Waals surface area contributed by atoms with Gasteiger partial charge in [0.1, 0.15) is 11.3 Å². The van der Waals surface area contributed by atoms with Crippen molar-refractivity contribution in [3.8, 4) is 17.8 Å². The molecule has 0 aliphatic rings. The molecular formula is C15H10ClF3N4OS. The lowest BCUT2D eigenvalue weighted by atomic mass is 10.2. The van der Waals surface area contributed by atoms with Crippen molar-refractivity contribution in [2.45, 2.75) is 6.18 Å². The summed E-state index contributed by atoms with van der Waals surface area (Å²) in [5.74, 6) is -0.590. The van der Waals surface area contributed by atoms with Crippen LogP contribution in [0, 0.1) is 11.5 Å². The minimum Gasteiger partial charge on any atom is -0.437 e. The predicted octanol–water partition coefficient (Wildman–Crippen LogP) is 4.97. The van der Waals surface area contributed by atoms with Crippen LogP contribution in [0.5, 0.6) is 11.6 Å². The summed E-state index contributed by atoms with van der Waals surface area (Å²) in [4.78, 5) is 7.76. The fourth-order valence-electron chi connectivity index (χ4n) is 1.72. The first-order valence-corrected chi connectivity index (χ1v) is 8.23. The van der Waals surface area contributed by atoms with Gasteiger partial charge in [-0.25, -0.2) is 9.98 Å². The number of aromatic nitrogens is 1. The van der Waals surface area contributed by atoms with E-state index in [4.69, 9.17) is 21.6 Å². The van der Waals surface area contributed by atoms with Gasteiger partial charge in [0.25, 0.3) is 0 Å². The van der Waals surface area contributed by atoms with Crippen molar-refractivity contribution in [2.75, 3.05) is 6.26 Å². The molecule has 10 heteroatoms. The first kappa shape index (κ1) is 18.9. The van der Waals surface area contributed by atoms with Crippen LogP contribution in [0.3, 0.4) is 0 Å². The summed E-state index contributed by atoms with van der Waals surface area (Å²) >= 11 is 7.27. The Kier molecular flexibility index (Phi) is 6.12. The maximum absolute atomic E-state index is 13.0. The zero-order valence-corrected chi connectivity index (χ0v) is 14.2. The molecule has 1 N–H and O–H groups in total. The van der Waals surface area contributed by atoms with E-state index >= 15 is 0 Å². The molecule has 0 spiro atoms. The lowest BCUT2D eigenvalue weighted by Gasteiger charge is -2.13. The molecule has 2 rings (SSSR count). The molecule has 1 aromatic carbocycles. The Labute approximate surface area is 150 Å². The van der Waals surface area contributed by atoms with Gasteiger partial charge in [-0.2, -0.15) is 18.4 Å². The molecule has 5 nitrogen and oxygen atoms in total. The van der Waals surface area contributed by atoms with Crippen LogP contribution in [0.15, 0.2) is 41.5 Å². The van der Waals surface area contributed by atoms with Gasteiger partial charge < -0.3 is 4.74 Å². The number of thioether (sulfide) groups is 1. The summed E-state index contributed by atoms with van der Waals surface area (Å²) in [6.07, 6.45) is 0.0573. The summed E-state index contributed by atoms with van der Waals surface area (Å²) in [5, 5.41) is 11.4. The molecule has 0 aliphatic heterocycles. The number of nitriles is 1. The van der Waals surface area contributed by atoms with E-state index in [2.05, 4.69) is 15.3 Å². The van der Waals surface area contributed by atoms with E-state index < -0.39 is 17.6 Å². The number of ether oxygens (including phenoxy) is 1. The molecule has 2 aromatic rings. The molecule has 0 bridgehead atoms. The van der Waals surface area contributed by atoms with E-state index in [1.165, 1.54) is 42.2 Å². The number of alkyl halides is 3. The number of rotatable bonds is 3. The van der Waals surface area contributed by atoms with Crippen LogP contribution in [0.25, 0.3) is 0 Å². The maximum Gasteiger partial charge on any atom is 0.421 e. The van der Waals surface area contributed by atoms with Crippen molar-refractivity contribution in [3.05, 3.63) is 47.1 Å². The van der Waals surface area contributed by atoms with Gasteiger partial charge in [0.15, 0.2) is 11.4 Å². The number of halogens is 4. The van der Waals surface area contributed by atoms with Crippen LogP contribution in [0.2, 0.25) is 5.02 Å². The minimum atomic E-state index is -4.60. The highest BCUT2D eigenvalue weighted by atomic mass is 35.5. The average molecular weight is 387 g/mol. The normalized spacial score (nSPS) is 11.8. The van der Waals surface area contributed by atoms with Gasteiger partial charge in [-0.1, -0.05) is 23.4 Å². The van der Waals surface area contributed by atoms with Gasteiger partial charge in [0.05, 0.1) is 10.7 Å². The second-order valence-electron chi connectivity index (χ2n) is 4.43. The summed E-state index contributed by atoms with van der Waals surface area (Å²) in [7, 11) is 0. The van der Waals surface area contributed by atoms with E-state index in [9.17, 15) is 13.2 Å². The fourth-order valence-corrected chi connectivity index (χ4v) is 2.28. The highest BCUT2D eigenvalue weighted by molar-refractivity contribution is 8.13. The standard InChI is InChI=1S/C15H10ClF3N4OS/c1-25-14(22-8-20)23-9-4-5-12(11(16)7-9)24-13-10(15(17,18)19)3-2-6-21-13/h2-7H,1H3,(H,22,23). The summed E-state index contributed by atoms with van der Waals surface area (Å²) < 4.78 is 44.1. The first-order chi connectivity index (χ1) is 11.8. The van der Waals surface area contributed by atoms with Crippen LogP contribution >= 0.6 is 23.4 Å². The molecule has 0 unspecified atom stereocenters. The number of nitrogens with one attached hydrogen (secondary N) is 1. The lowest BCUT2D eigenvalue weighted by molar-refractivity contribution is -0.138. The van der Waals surface area contributed by atoms with E-state index in [1.54, 1.807) is 12.4 Å². The SMILES string of the molecule is CSC(=Nc1ccc(Oc2ncccc2C(F)(F)F)c(Cl)c1)NC#N. The lowest BCUT2D eigenvalue weighted by Crippen LogP contribution is -2.12. The zero-order chi connectivity index (χ0) is 18.4. The van der Waals surface area contributed by atoms with Crippen molar-refractivity contribution in [3.63, 3.8) is 0 Å². The summed E-state index contributed by atoms with van der Waals surface area (Å²) in [6, 6.07) is 6.31. The smallest absolute Gasteiger partial charge is 0.421 e. The topological polar surface area (TPSA) is 70.3 Å². The molecule has 0 amide bonds. The van der Waals surface area contributed by atoms with Gasteiger partial charge in [-0.15, -0.1) is 0 Å².